The van der Waals surface area contributed by atoms with E-state index in [4.69, 9.17) is 0 Å². The normalized spacial score (nSPS) is 21.0. The largest absolute Gasteiger partial charge is 0.356 e. The zero-order valence-electron chi connectivity index (χ0n) is 10.8. The number of halogens is 1. The van der Waals surface area contributed by atoms with Crippen LogP contribution in [0.1, 0.15) is 45.2 Å². The number of anilines is 1. The van der Waals surface area contributed by atoms with Gasteiger partial charge in [-0.05, 0) is 40.6 Å². The van der Waals surface area contributed by atoms with E-state index in [0.717, 1.165) is 30.5 Å². The van der Waals surface area contributed by atoms with Crippen molar-refractivity contribution < 1.29 is 0 Å². The highest BCUT2D eigenvalue weighted by atomic mass is 79.9. The number of piperidine rings is 1. The van der Waals surface area contributed by atoms with Gasteiger partial charge in [-0.2, -0.15) is 0 Å². The molecule has 2 rings (SSSR count). The quantitative estimate of drug-likeness (QED) is 0.781. The SMILES string of the molecule is CC1CCCN(c2cc(C(C)C)nc(Br)n2)C1. The van der Waals surface area contributed by atoms with Gasteiger partial charge in [-0.25, -0.2) is 9.97 Å². The van der Waals surface area contributed by atoms with Crippen LogP contribution in [-0.4, -0.2) is 23.1 Å². The number of hydrogen-bond donors (Lipinski definition) is 0. The molecule has 1 unspecified atom stereocenters. The monoisotopic (exact) mass is 297 g/mol. The molecule has 94 valence electrons. The molecule has 1 atom stereocenters. The zero-order chi connectivity index (χ0) is 12.4. The highest BCUT2D eigenvalue weighted by molar-refractivity contribution is 9.10. The van der Waals surface area contributed by atoms with Crippen LogP contribution in [0.2, 0.25) is 0 Å². The molecule has 17 heavy (non-hydrogen) atoms. The molecule has 1 fully saturated rings. The number of aromatic nitrogens is 2. The minimum absolute atomic E-state index is 0.440. The maximum absolute atomic E-state index is 4.51. The highest BCUT2D eigenvalue weighted by Crippen LogP contribution is 2.25. The van der Waals surface area contributed by atoms with Gasteiger partial charge < -0.3 is 4.90 Å². The summed E-state index contributed by atoms with van der Waals surface area (Å²) in [5, 5.41) is 0. The van der Waals surface area contributed by atoms with Crippen molar-refractivity contribution in [3.8, 4) is 0 Å². The standard InChI is InChI=1S/C13H20BrN3/c1-9(2)11-7-12(16-13(14)15-11)17-6-4-5-10(3)8-17/h7,9-10H,4-6,8H2,1-3H3. The van der Waals surface area contributed by atoms with Crippen LogP contribution in [0.4, 0.5) is 5.82 Å². The van der Waals surface area contributed by atoms with Crippen molar-refractivity contribution in [1.29, 1.82) is 0 Å². The molecule has 1 aliphatic heterocycles. The number of hydrogen-bond acceptors (Lipinski definition) is 3. The Kier molecular flexibility index (Phi) is 4.02. The van der Waals surface area contributed by atoms with E-state index in [2.05, 4.69) is 57.6 Å². The van der Waals surface area contributed by atoms with Crippen LogP contribution in [0.5, 0.6) is 0 Å². The van der Waals surface area contributed by atoms with Crippen LogP contribution in [0.15, 0.2) is 10.8 Å². The van der Waals surface area contributed by atoms with Gasteiger partial charge in [-0.1, -0.05) is 20.8 Å². The fourth-order valence-corrected chi connectivity index (χ4v) is 2.66. The average molecular weight is 298 g/mol. The molecule has 0 radical (unpaired) electrons. The highest BCUT2D eigenvalue weighted by Gasteiger charge is 2.19. The number of rotatable bonds is 2. The first-order valence-corrected chi connectivity index (χ1v) is 7.15. The van der Waals surface area contributed by atoms with Gasteiger partial charge in [0.1, 0.15) is 5.82 Å². The third-order valence-corrected chi connectivity index (χ3v) is 3.63. The Morgan fingerprint density at radius 3 is 2.82 bits per heavy atom. The van der Waals surface area contributed by atoms with Gasteiger partial charge in [0.2, 0.25) is 0 Å². The summed E-state index contributed by atoms with van der Waals surface area (Å²) >= 11 is 3.41. The molecule has 0 aliphatic carbocycles. The Bertz CT molecular complexity index is 392. The van der Waals surface area contributed by atoms with E-state index in [1.807, 2.05) is 0 Å². The van der Waals surface area contributed by atoms with Gasteiger partial charge in [-0.15, -0.1) is 0 Å². The Balaban J connectivity index is 2.25. The topological polar surface area (TPSA) is 29.0 Å². The third kappa shape index (κ3) is 3.18. The molecule has 1 aromatic rings. The van der Waals surface area contributed by atoms with Gasteiger partial charge in [0.25, 0.3) is 0 Å². The summed E-state index contributed by atoms with van der Waals surface area (Å²) in [5.41, 5.74) is 1.11. The van der Waals surface area contributed by atoms with Gasteiger partial charge in [0, 0.05) is 24.8 Å². The summed E-state index contributed by atoms with van der Waals surface area (Å²) in [6.07, 6.45) is 2.60. The van der Waals surface area contributed by atoms with Crippen molar-refractivity contribution in [2.75, 3.05) is 18.0 Å². The Morgan fingerprint density at radius 2 is 2.18 bits per heavy atom. The summed E-state index contributed by atoms with van der Waals surface area (Å²) < 4.78 is 0.705. The molecule has 1 saturated heterocycles. The fourth-order valence-electron chi connectivity index (χ4n) is 2.28. The predicted molar refractivity (Wildman–Crippen MR) is 74.4 cm³/mol. The predicted octanol–water partition coefficient (Wildman–Crippen LogP) is 3.60. The minimum Gasteiger partial charge on any atom is -0.356 e. The molecule has 0 amide bonds. The van der Waals surface area contributed by atoms with Gasteiger partial charge in [-0.3, -0.25) is 0 Å². The molecule has 4 heteroatoms. The van der Waals surface area contributed by atoms with Crippen LogP contribution >= 0.6 is 15.9 Å². The lowest BCUT2D eigenvalue weighted by molar-refractivity contribution is 0.444. The van der Waals surface area contributed by atoms with Crippen molar-refractivity contribution in [1.82, 2.24) is 9.97 Å². The molecule has 0 spiro atoms. The Morgan fingerprint density at radius 1 is 1.41 bits per heavy atom. The van der Waals surface area contributed by atoms with Crippen molar-refractivity contribution >= 4 is 21.7 Å². The first-order valence-electron chi connectivity index (χ1n) is 6.35. The van der Waals surface area contributed by atoms with Crippen molar-refractivity contribution in [3.63, 3.8) is 0 Å². The molecule has 0 bridgehead atoms. The average Bonchev–Trinajstić information content (AvgIpc) is 2.28. The van der Waals surface area contributed by atoms with Crippen LogP contribution in [0, 0.1) is 5.92 Å². The van der Waals surface area contributed by atoms with Crippen LogP contribution in [-0.2, 0) is 0 Å². The van der Waals surface area contributed by atoms with E-state index in [9.17, 15) is 0 Å². The summed E-state index contributed by atoms with van der Waals surface area (Å²) in [6.45, 7) is 8.87. The first-order chi connectivity index (χ1) is 8.06. The first kappa shape index (κ1) is 12.8. The van der Waals surface area contributed by atoms with Crippen LogP contribution in [0.3, 0.4) is 0 Å². The maximum Gasteiger partial charge on any atom is 0.198 e. The second kappa shape index (κ2) is 5.34. The van der Waals surface area contributed by atoms with E-state index in [1.165, 1.54) is 12.8 Å². The van der Waals surface area contributed by atoms with Crippen molar-refractivity contribution in [3.05, 3.63) is 16.5 Å². The second-order valence-electron chi connectivity index (χ2n) is 5.27. The molecule has 3 nitrogen and oxygen atoms in total. The summed E-state index contributed by atoms with van der Waals surface area (Å²) in [5.74, 6) is 2.28. The van der Waals surface area contributed by atoms with E-state index >= 15 is 0 Å². The summed E-state index contributed by atoms with van der Waals surface area (Å²) in [7, 11) is 0. The molecular weight excluding hydrogens is 278 g/mol. The van der Waals surface area contributed by atoms with Gasteiger partial charge in [0.05, 0.1) is 0 Å². The minimum atomic E-state index is 0.440. The Labute approximate surface area is 112 Å². The molecule has 0 N–H and O–H groups in total. The molecular formula is C13H20BrN3. The Hall–Kier alpha value is -0.640. The van der Waals surface area contributed by atoms with Gasteiger partial charge in [0.15, 0.2) is 4.73 Å². The third-order valence-electron chi connectivity index (χ3n) is 3.28. The summed E-state index contributed by atoms with van der Waals surface area (Å²) in [4.78, 5) is 11.3. The molecule has 1 aromatic heterocycles. The fraction of sp³-hybridized carbons (Fsp3) is 0.692. The van der Waals surface area contributed by atoms with E-state index < -0.39 is 0 Å². The lowest BCUT2D eigenvalue weighted by Crippen LogP contribution is -2.35. The van der Waals surface area contributed by atoms with Crippen LogP contribution < -0.4 is 4.90 Å². The second-order valence-corrected chi connectivity index (χ2v) is 5.98. The van der Waals surface area contributed by atoms with Crippen molar-refractivity contribution in [2.24, 2.45) is 5.92 Å². The zero-order valence-corrected chi connectivity index (χ0v) is 12.4. The van der Waals surface area contributed by atoms with Crippen molar-refractivity contribution in [2.45, 2.75) is 39.5 Å². The van der Waals surface area contributed by atoms with Gasteiger partial charge >= 0.3 is 0 Å². The smallest absolute Gasteiger partial charge is 0.198 e. The molecule has 0 saturated carbocycles. The van der Waals surface area contributed by atoms with E-state index in [-0.39, 0.29) is 0 Å². The molecule has 2 heterocycles. The number of nitrogens with zero attached hydrogens (tertiary/aromatic N) is 3. The summed E-state index contributed by atoms with van der Waals surface area (Å²) in [6, 6.07) is 2.13. The lowest BCUT2D eigenvalue weighted by Gasteiger charge is -2.32. The maximum atomic E-state index is 4.51. The molecule has 0 aromatic carbocycles. The molecule has 1 aliphatic rings. The van der Waals surface area contributed by atoms with E-state index in [0.29, 0.717) is 10.7 Å². The van der Waals surface area contributed by atoms with Crippen LogP contribution in [0.25, 0.3) is 0 Å². The lowest BCUT2D eigenvalue weighted by atomic mass is 10.0. The van der Waals surface area contributed by atoms with E-state index in [1.54, 1.807) is 0 Å².